The Morgan fingerprint density at radius 3 is 2.68 bits per heavy atom. The monoisotopic (exact) mass is 265 g/mol. The first kappa shape index (κ1) is 13.9. The maximum absolute atomic E-state index is 12.0. The second kappa shape index (κ2) is 4.89. The number of ether oxygens (including phenoxy) is 1. The number of fused-ring (bicyclic) bond motifs is 1. The van der Waals surface area contributed by atoms with Crippen molar-refractivity contribution in [3.05, 3.63) is 22.5 Å². The molecule has 1 aliphatic rings. The SMILES string of the molecule is Cc1[nH]c2c(c1CCN)CN(C(=O)OC(C)(C)C)C2. The summed E-state index contributed by atoms with van der Waals surface area (Å²) in [4.78, 5) is 17.1. The fourth-order valence-corrected chi connectivity index (χ4v) is 2.49. The molecular weight excluding hydrogens is 242 g/mol. The molecule has 1 aromatic heterocycles. The molecule has 0 aromatic carbocycles. The quantitative estimate of drug-likeness (QED) is 0.860. The molecule has 5 heteroatoms. The second-order valence-electron chi connectivity index (χ2n) is 6.06. The predicted molar refractivity (Wildman–Crippen MR) is 73.8 cm³/mol. The van der Waals surface area contributed by atoms with Crippen molar-refractivity contribution < 1.29 is 9.53 Å². The van der Waals surface area contributed by atoms with Crippen LogP contribution in [0.1, 0.15) is 43.3 Å². The highest BCUT2D eigenvalue weighted by atomic mass is 16.6. The first-order valence-electron chi connectivity index (χ1n) is 6.69. The van der Waals surface area contributed by atoms with E-state index in [1.54, 1.807) is 4.90 Å². The summed E-state index contributed by atoms with van der Waals surface area (Å²) < 4.78 is 5.40. The summed E-state index contributed by atoms with van der Waals surface area (Å²) in [5.41, 5.74) is 9.94. The van der Waals surface area contributed by atoms with Crippen LogP contribution in [-0.4, -0.2) is 28.1 Å². The number of aromatic nitrogens is 1. The second-order valence-corrected chi connectivity index (χ2v) is 6.06. The van der Waals surface area contributed by atoms with E-state index >= 15 is 0 Å². The van der Waals surface area contributed by atoms with Crippen LogP contribution in [-0.2, 0) is 24.2 Å². The third-order valence-corrected chi connectivity index (χ3v) is 3.26. The Labute approximate surface area is 114 Å². The van der Waals surface area contributed by atoms with Gasteiger partial charge in [-0.25, -0.2) is 4.79 Å². The van der Waals surface area contributed by atoms with Crippen LogP contribution in [0.4, 0.5) is 4.79 Å². The zero-order chi connectivity index (χ0) is 14.2. The predicted octanol–water partition coefficient (Wildman–Crippen LogP) is 2.08. The molecular formula is C14H23N3O2. The fourth-order valence-electron chi connectivity index (χ4n) is 2.49. The minimum Gasteiger partial charge on any atom is -0.444 e. The molecule has 2 heterocycles. The molecule has 0 radical (unpaired) electrons. The van der Waals surface area contributed by atoms with Gasteiger partial charge in [0.15, 0.2) is 0 Å². The van der Waals surface area contributed by atoms with E-state index in [0.29, 0.717) is 19.6 Å². The molecule has 0 atom stereocenters. The van der Waals surface area contributed by atoms with Crippen molar-refractivity contribution >= 4 is 6.09 Å². The molecule has 106 valence electrons. The highest BCUT2D eigenvalue weighted by molar-refractivity contribution is 5.69. The van der Waals surface area contributed by atoms with Gasteiger partial charge in [0.1, 0.15) is 5.60 Å². The Morgan fingerprint density at radius 2 is 2.11 bits per heavy atom. The number of nitrogens with two attached hydrogens (primary N) is 1. The molecule has 0 fully saturated rings. The summed E-state index contributed by atoms with van der Waals surface area (Å²) in [6.07, 6.45) is 0.591. The van der Waals surface area contributed by atoms with Crippen molar-refractivity contribution in [2.24, 2.45) is 5.73 Å². The van der Waals surface area contributed by atoms with Crippen LogP contribution in [0, 0.1) is 6.92 Å². The molecule has 0 spiro atoms. The van der Waals surface area contributed by atoms with Gasteiger partial charge in [-0.1, -0.05) is 0 Å². The maximum atomic E-state index is 12.0. The van der Waals surface area contributed by atoms with Crippen LogP contribution in [0.5, 0.6) is 0 Å². The Bertz CT molecular complexity index is 486. The smallest absolute Gasteiger partial charge is 0.410 e. The molecule has 5 nitrogen and oxygen atoms in total. The Kier molecular flexibility index (Phi) is 3.58. The number of nitrogens with zero attached hydrogens (tertiary/aromatic N) is 1. The number of H-pyrrole nitrogens is 1. The number of hydrogen-bond donors (Lipinski definition) is 2. The van der Waals surface area contributed by atoms with Crippen LogP contribution in [0.25, 0.3) is 0 Å². The average molecular weight is 265 g/mol. The van der Waals surface area contributed by atoms with E-state index in [1.165, 1.54) is 16.8 Å². The average Bonchev–Trinajstić information content (AvgIpc) is 2.77. The van der Waals surface area contributed by atoms with Crippen LogP contribution < -0.4 is 5.73 Å². The van der Waals surface area contributed by atoms with Crippen molar-refractivity contribution in [3.63, 3.8) is 0 Å². The van der Waals surface area contributed by atoms with Crippen LogP contribution in [0.3, 0.4) is 0 Å². The van der Waals surface area contributed by atoms with E-state index < -0.39 is 5.60 Å². The van der Waals surface area contributed by atoms with Crippen molar-refractivity contribution in [1.29, 1.82) is 0 Å². The third kappa shape index (κ3) is 2.92. The lowest BCUT2D eigenvalue weighted by molar-refractivity contribution is 0.0240. The minimum atomic E-state index is -0.455. The van der Waals surface area contributed by atoms with Crippen molar-refractivity contribution in [2.45, 2.75) is 52.8 Å². The van der Waals surface area contributed by atoms with Crippen LogP contribution in [0.2, 0.25) is 0 Å². The van der Waals surface area contributed by atoms with Gasteiger partial charge in [0.25, 0.3) is 0 Å². The minimum absolute atomic E-state index is 0.256. The Hall–Kier alpha value is -1.49. The van der Waals surface area contributed by atoms with Gasteiger partial charge in [0.05, 0.1) is 13.1 Å². The van der Waals surface area contributed by atoms with Gasteiger partial charge in [-0.05, 0) is 51.8 Å². The van der Waals surface area contributed by atoms with E-state index in [9.17, 15) is 4.79 Å². The summed E-state index contributed by atoms with van der Waals surface area (Å²) in [5, 5.41) is 0. The molecule has 2 rings (SSSR count). The number of carbonyl (C=O) groups excluding carboxylic acids is 1. The number of aromatic amines is 1. The Morgan fingerprint density at radius 1 is 1.42 bits per heavy atom. The van der Waals surface area contributed by atoms with E-state index in [0.717, 1.165) is 12.1 Å². The van der Waals surface area contributed by atoms with Crippen LogP contribution in [0.15, 0.2) is 0 Å². The van der Waals surface area contributed by atoms with Gasteiger partial charge in [-0.15, -0.1) is 0 Å². The maximum Gasteiger partial charge on any atom is 0.410 e. The van der Waals surface area contributed by atoms with Gasteiger partial charge in [0.2, 0.25) is 0 Å². The van der Waals surface area contributed by atoms with Crippen molar-refractivity contribution in [3.8, 4) is 0 Å². The number of hydrogen-bond acceptors (Lipinski definition) is 3. The first-order chi connectivity index (χ1) is 8.81. The topological polar surface area (TPSA) is 71.4 Å². The number of carbonyl (C=O) groups is 1. The summed E-state index contributed by atoms with van der Waals surface area (Å²) in [5.74, 6) is 0. The molecule has 0 saturated heterocycles. The largest absolute Gasteiger partial charge is 0.444 e. The van der Waals surface area contributed by atoms with Gasteiger partial charge in [0, 0.05) is 11.4 Å². The molecule has 1 aliphatic heterocycles. The van der Waals surface area contributed by atoms with Gasteiger partial charge >= 0.3 is 6.09 Å². The summed E-state index contributed by atoms with van der Waals surface area (Å²) >= 11 is 0. The lowest BCUT2D eigenvalue weighted by Crippen LogP contribution is -2.33. The standard InChI is InChI=1S/C14H23N3O2/c1-9-10(5-6-15)11-7-17(8-12(11)16-9)13(18)19-14(2,3)4/h16H,5-8,15H2,1-4H3. The number of nitrogens with one attached hydrogen (secondary N) is 1. The zero-order valence-corrected chi connectivity index (χ0v) is 12.2. The van der Waals surface area contributed by atoms with Gasteiger partial charge in [-0.3, -0.25) is 4.90 Å². The molecule has 19 heavy (non-hydrogen) atoms. The van der Waals surface area contributed by atoms with E-state index in [2.05, 4.69) is 11.9 Å². The number of amides is 1. The van der Waals surface area contributed by atoms with Crippen molar-refractivity contribution in [1.82, 2.24) is 9.88 Å². The molecule has 1 amide bonds. The molecule has 3 N–H and O–H groups in total. The van der Waals surface area contributed by atoms with Gasteiger partial charge in [-0.2, -0.15) is 0 Å². The van der Waals surface area contributed by atoms with E-state index in [-0.39, 0.29) is 6.09 Å². The first-order valence-corrected chi connectivity index (χ1v) is 6.69. The molecule has 1 aromatic rings. The molecule has 0 aliphatic carbocycles. The molecule has 0 bridgehead atoms. The lowest BCUT2D eigenvalue weighted by atomic mass is 10.1. The fraction of sp³-hybridized carbons (Fsp3) is 0.643. The Balaban J connectivity index is 2.10. The van der Waals surface area contributed by atoms with Gasteiger partial charge < -0.3 is 15.5 Å². The molecule has 0 unspecified atom stereocenters. The zero-order valence-electron chi connectivity index (χ0n) is 12.2. The highest BCUT2D eigenvalue weighted by Crippen LogP contribution is 2.29. The number of aryl methyl sites for hydroxylation is 1. The summed E-state index contributed by atoms with van der Waals surface area (Å²) in [7, 11) is 0. The summed E-state index contributed by atoms with van der Waals surface area (Å²) in [6.45, 7) is 9.52. The van der Waals surface area contributed by atoms with E-state index in [1.807, 2.05) is 20.8 Å². The van der Waals surface area contributed by atoms with Crippen LogP contribution >= 0.6 is 0 Å². The van der Waals surface area contributed by atoms with E-state index in [4.69, 9.17) is 10.5 Å². The normalized spacial score (nSPS) is 14.7. The number of rotatable bonds is 2. The highest BCUT2D eigenvalue weighted by Gasteiger charge is 2.30. The lowest BCUT2D eigenvalue weighted by Gasteiger charge is -2.24. The third-order valence-electron chi connectivity index (χ3n) is 3.26. The summed E-state index contributed by atoms with van der Waals surface area (Å²) in [6, 6.07) is 0. The molecule has 0 saturated carbocycles. The van der Waals surface area contributed by atoms with Crippen molar-refractivity contribution in [2.75, 3.05) is 6.54 Å².